The maximum atomic E-state index is 11.9. The molecule has 0 saturated heterocycles. The number of aromatic hydroxyl groups is 1. The maximum Gasteiger partial charge on any atom is 0.340 e. The van der Waals surface area contributed by atoms with Crippen LogP contribution < -0.4 is 4.74 Å². The molecule has 3 aromatic rings. The smallest absolute Gasteiger partial charge is 0.340 e. The van der Waals surface area contributed by atoms with Crippen molar-refractivity contribution >= 4 is 28.5 Å². The molecule has 0 unspecified atom stereocenters. The van der Waals surface area contributed by atoms with E-state index in [2.05, 4.69) is 4.98 Å². The van der Waals surface area contributed by atoms with Crippen LogP contribution in [0, 0.1) is 0 Å². The number of fused-ring (bicyclic) bond motifs is 1. The Hall–Kier alpha value is -2.79. The third-order valence-corrected chi connectivity index (χ3v) is 5.23. The lowest BCUT2D eigenvalue weighted by molar-refractivity contribution is 0.0695. The van der Waals surface area contributed by atoms with Crippen LogP contribution in [-0.2, 0) is 5.41 Å². The molecule has 5 nitrogen and oxygen atoms in total. The van der Waals surface area contributed by atoms with Crippen LogP contribution in [0.25, 0.3) is 10.9 Å². The second-order valence-electron chi connectivity index (χ2n) is 6.46. The predicted molar refractivity (Wildman–Crippen MR) is 98.4 cm³/mol. The van der Waals surface area contributed by atoms with Crippen molar-refractivity contribution in [1.29, 1.82) is 0 Å². The molecule has 2 aromatic carbocycles. The van der Waals surface area contributed by atoms with Crippen molar-refractivity contribution in [3.63, 3.8) is 0 Å². The van der Waals surface area contributed by atoms with Crippen molar-refractivity contribution in [2.45, 2.75) is 18.3 Å². The molecule has 1 aliphatic carbocycles. The number of aromatic nitrogens is 1. The van der Waals surface area contributed by atoms with E-state index in [4.69, 9.17) is 16.3 Å². The minimum absolute atomic E-state index is 0.149. The first-order valence-electron chi connectivity index (χ1n) is 8.17. The zero-order valence-electron chi connectivity index (χ0n) is 14.0. The van der Waals surface area contributed by atoms with Gasteiger partial charge in [-0.15, -0.1) is 0 Å². The van der Waals surface area contributed by atoms with E-state index >= 15 is 0 Å². The number of ether oxygens (including phenoxy) is 1. The van der Waals surface area contributed by atoms with E-state index in [-0.39, 0.29) is 11.3 Å². The second kappa shape index (κ2) is 5.88. The molecule has 0 amide bonds. The van der Waals surface area contributed by atoms with Crippen molar-refractivity contribution in [3.05, 3.63) is 64.3 Å². The van der Waals surface area contributed by atoms with E-state index in [9.17, 15) is 15.0 Å². The van der Waals surface area contributed by atoms with Crippen LogP contribution in [0.3, 0.4) is 0 Å². The van der Waals surface area contributed by atoms with E-state index in [0.717, 1.165) is 18.4 Å². The quantitative estimate of drug-likeness (QED) is 0.713. The lowest BCUT2D eigenvalue weighted by Gasteiger charge is -2.19. The van der Waals surface area contributed by atoms with E-state index in [1.54, 1.807) is 30.3 Å². The number of halogens is 1. The SMILES string of the molecule is COc1ccc2nc(C3(c4ccc(Cl)cc4)CC3)c(O)c(C(=O)O)c2c1. The van der Waals surface area contributed by atoms with E-state index in [1.165, 1.54) is 7.11 Å². The lowest BCUT2D eigenvalue weighted by atomic mass is 9.89. The second-order valence-corrected chi connectivity index (χ2v) is 6.90. The fourth-order valence-electron chi connectivity index (χ4n) is 3.47. The summed E-state index contributed by atoms with van der Waals surface area (Å²) in [7, 11) is 1.50. The van der Waals surface area contributed by atoms with Crippen molar-refractivity contribution in [3.8, 4) is 11.5 Å². The molecule has 1 heterocycles. The van der Waals surface area contributed by atoms with Gasteiger partial charge in [0.1, 0.15) is 11.3 Å². The summed E-state index contributed by atoms with van der Waals surface area (Å²) in [6.45, 7) is 0. The van der Waals surface area contributed by atoms with Gasteiger partial charge in [-0.25, -0.2) is 9.78 Å². The van der Waals surface area contributed by atoms with Crippen LogP contribution in [0.4, 0.5) is 0 Å². The highest BCUT2D eigenvalue weighted by molar-refractivity contribution is 6.30. The molecule has 26 heavy (non-hydrogen) atoms. The number of benzene rings is 2. The van der Waals surface area contributed by atoms with Crippen LogP contribution in [-0.4, -0.2) is 28.3 Å². The molecule has 1 aromatic heterocycles. The Morgan fingerprint density at radius 2 is 1.88 bits per heavy atom. The van der Waals surface area contributed by atoms with Gasteiger partial charge in [0, 0.05) is 15.8 Å². The highest BCUT2D eigenvalue weighted by Gasteiger charge is 2.50. The topological polar surface area (TPSA) is 79.7 Å². The first-order valence-corrected chi connectivity index (χ1v) is 8.54. The van der Waals surface area contributed by atoms with Gasteiger partial charge in [-0.1, -0.05) is 23.7 Å². The molecule has 0 radical (unpaired) electrons. The molecule has 0 spiro atoms. The van der Waals surface area contributed by atoms with Gasteiger partial charge in [0.25, 0.3) is 0 Å². The molecule has 1 aliphatic rings. The number of carbonyl (C=O) groups is 1. The van der Waals surface area contributed by atoms with Crippen molar-refractivity contribution < 1.29 is 19.7 Å². The third kappa shape index (κ3) is 2.47. The number of pyridine rings is 1. The lowest BCUT2D eigenvalue weighted by Crippen LogP contribution is -2.14. The number of carboxylic acid groups (broad SMARTS) is 1. The summed E-state index contributed by atoms with van der Waals surface area (Å²) >= 11 is 5.98. The molecule has 1 saturated carbocycles. The normalized spacial score (nSPS) is 15.0. The number of aromatic carboxylic acids is 1. The van der Waals surface area contributed by atoms with Crippen molar-refractivity contribution in [1.82, 2.24) is 4.98 Å². The molecule has 0 atom stereocenters. The highest BCUT2D eigenvalue weighted by atomic mass is 35.5. The summed E-state index contributed by atoms with van der Waals surface area (Å²) in [4.78, 5) is 16.5. The minimum Gasteiger partial charge on any atom is -0.505 e. The van der Waals surface area contributed by atoms with Crippen LogP contribution in [0.2, 0.25) is 5.02 Å². The molecule has 0 aliphatic heterocycles. The van der Waals surface area contributed by atoms with E-state index in [1.807, 2.05) is 12.1 Å². The monoisotopic (exact) mass is 369 g/mol. The number of carboxylic acids is 1. The third-order valence-electron chi connectivity index (χ3n) is 4.98. The molecule has 6 heteroatoms. The minimum atomic E-state index is -1.20. The first-order chi connectivity index (χ1) is 12.5. The van der Waals surface area contributed by atoms with Crippen LogP contribution in [0.1, 0.15) is 34.5 Å². The molecule has 1 fully saturated rings. The van der Waals surface area contributed by atoms with Crippen LogP contribution >= 0.6 is 11.6 Å². The summed E-state index contributed by atoms with van der Waals surface area (Å²) in [5.74, 6) is -0.977. The molecule has 4 rings (SSSR count). The number of hydrogen-bond acceptors (Lipinski definition) is 4. The Labute approximate surface area is 154 Å². The fourth-order valence-corrected chi connectivity index (χ4v) is 3.59. The molecule has 132 valence electrons. The largest absolute Gasteiger partial charge is 0.505 e. The van der Waals surface area contributed by atoms with Crippen LogP contribution in [0.15, 0.2) is 42.5 Å². The number of hydrogen-bond donors (Lipinski definition) is 2. The van der Waals surface area contributed by atoms with Gasteiger partial charge in [-0.3, -0.25) is 0 Å². The highest BCUT2D eigenvalue weighted by Crippen LogP contribution is 2.56. The molecule has 0 bridgehead atoms. The van der Waals surface area contributed by atoms with Gasteiger partial charge in [-0.05, 0) is 48.7 Å². The summed E-state index contributed by atoms with van der Waals surface area (Å²) in [6, 6.07) is 12.4. The average Bonchev–Trinajstić information content (AvgIpc) is 3.42. The van der Waals surface area contributed by atoms with Gasteiger partial charge in [-0.2, -0.15) is 0 Å². The number of methoxy groups -OCH3 is 1. The maximum absolute atomic E-state index is 11.9. The summed E-state index contributed by atoms with van der Waals surface area (Å²) in [5, 5.41) is 21.5. The summed E-state index contributed by atoms with van der Waals surface area (Å²) < 4.78 is 5.17. The Morgan fingerprint density at radius 1 is 1.19 bits per heavy atom. The fraction of sp³-hybridized carbons (Fsp3) is 0.200. The van der Waals surface area contributed by atoms with Crippen molar-refractivity contribution in [2.75, 3.05) is 7.11 Å². The summed E-state index contributed by atoms with van der Waals surface area (Å²) in [6.07, 6.45) is 1.58. The van der Waals surface area contributed by atoms with Gasteiger partial charge >= 0.3 is 5.97 Å². The predicted octanol–water partition coefficient (Wildman–Crippen LogP) is 4.38. The van der Waals surface area contributed by atoms with Crippen molar-refractivity contribution in [2.24, 2.45) is 0 Å². The Balaban J connectivity index is 1.98. The van der Waals surface area contributed by atoms with E-state index < -0.39 is 11.4 Å². The molecular formula is C20H16ClNO4. The average molecular weight is 370 g/mol. The standard InChI is InChI=1S/C20H16ClNO4/c1-26-13-6-7-15-14(10-13)16(19(24)25)17(23)18(22-15)20(8-9-20)11-2-4-12(21)5-3-11/h2-7,10,23H,8-9H2,1H3,(H,24,25). The number of nitrogens with zero attached hydrogens (tertiary/aromatic N) is 1. The molecular weight excluding hydrogens is 354 g/mol. The Bertz CT molecular complexity index is 1030. The Kier molecular flexibility index (Phi) is 3.77. The van der Waals surface area contributed by atoms with Gasteiger partial charge < -0.3 is 14.9 Å². The molecule has 2 N–H and O–H groups in total. The van der Waals surface area contributed by atoms with Gasteiger partial charge in [0.05, 0.1) is 18.3 Å². The zero-order valence-corrected chi connectivity index (χ0v) is 14.7. The van der Waals surface area contributed by atoms with Gasteiger partial charge in [0.15, 0.2) is 5.75 Å². The zero-order chi connectivity index (χ0) is 18.5. The van der Waals surface area contributed by atoms with Crippen LogP contribution in [0.5, 0.6) is 11.5 Å². The number of rotatable bonds is 4. The van der Waals surface area contributed by atoms with Gasteiger partial charge in [0.2, 0.25) is 0 Å². The summed E-state index contributed by atoms with van der Waals surface area (Å²) in [5.41, 5.74) is 1.25. The first kappa shape index (κ1) is 16.7. The Morgan fingerprint density at radius 3 is 2.46 bits per heavy atom. The van der Waals surface area contributed by atoms with E-state index in [0.29, 0.717) is 27.4 Å².